The lowest BCUT2D eigenvalue weighted by Gasteiger charge is -2.04. The Hall–Kier alpha value is -1.32. The number of hydrogen-bond acceptors (Lipinski definition) is 4. The van der Waals surface area contributed by atoms with Crippen LogP contribution >= 0.6 is 0 Å². The Labute approximate surface area is 161 Å². The Morgan fingerprint density at radius 2 is 0.577 bits per heavy atom. The summed E-state index contributed by atoms with van der Waals surface area (Å²) in [5.41, 5.74) is 0. The van der Waals surface area contributed by atoms with E-state index >= 15 is 0 Å². The van der Waals surface area contributed by atoms with Gasteiger partial charge in [-0.1, -0.05) is 89.9 Å². The summed E-state index contributed by atoms with van der Waals surface area (Å²) in [4.78, 5) is 20.5. The molecule has 0 N–H and O–H groups in total. The van der Waals surface area contributed by atoms with Gasteiger partial charge in [0.1, 0.15) is 0 Å². The van der Waals surface area contributed by atoms with Gasteiger partial charge in [-0.15, -0.1) is 13.2 Å². The summed E-state index contributed by atoms with van der Waals surface area (Å²) in [7, 11) is 0. The second kappa shape index (κ2) is 23.7. The summed E-state index contributed by atoms with van der Waals surface area (Å²) in [5.74, 6) is -1.85. The van der Waals surface area contributed by atoms with Crippen molar-refractivity contribution in [3.05, 3.63) is 13.2 Å². The summed E-state index contributed by atoms with van der Waals surface area (Å²) < 4.78 is 0. The molecule has 26 heavy (non-hydrogen) atoms. The maximum atomic E-state index is 10.2. The van der Waals surface area contributed by atoms with E-state index in [1.807, 2.05) is 0 Å². The van der Waals surface area contributed by atoms with E-state index in [-0.39, 0.29) is 12.8 Å². The van der Waals surface area contributed by atoms with Crippen LogP contribution in [0.1, 0.15) is 116 Å². The number of unbranched alkanes of at least 4 members (excludes halogenated alkanes) is 15. The first-order valence-corrected chi connectivity index (χ1v) is 10.5. The average Bonchev–Trinajstić information content (AvgIpc) is 2.62. The van der Waals surface area contributed by atoms with Crippen molar-refractivity contribution in [1.82, 2.24) is 0 Å². The third-order valence-corrected chi connectivity index (χ3v) is 4.51. The molecule has 0 amide bonds. The molecule has 4 heteroatoms. The maximum Gasteiger partial charge on any atom is 0.0414 e. The standard InChI is InChI=1S/C20H38O4.C2H4/c21-19(22)17-15-13-11-9-7-5-3-1-2-4-6-8-10-12-14-16-18-20(23)24;1-2/h1-18H2,(H,21,22)(H,23,24);1-2H2/p-2. The van der Waals surface area contributed by atoms with Gasteiger partial charge in [-0.3, -0.25) is 0 Å². The molecule has 0 heterocycles. The molecule has 0 saturated carbocycles. The molecule has 0 rings (SSSR count). The largest absolute Gasteiger partial charge is 0.550 e. The number of hydrogen-bond donors (Lipinski definition) is 0. The van der Waals surface area contributed by atoms with Crippen molar-refractivity contribution < 1.29 is 19.8 Å². The molecule has 0 aliphatic heterocycles. The number of carboxylic acids is 2. The van der Waals surface area contributed by atoms with Crippen LogP contribution in [0.15, 0.2) is 13.2 Å². The fraction of sp³-hybridized carbons (Fsp3) is 0.818. The smallest absolute Gasteiger partial charge is 0.0414 e. The lowest BCUT2D eigenvalue weighted by Crippen LogP contribution is -2.21. The first kappa shape index (κ1) is 26.9. The fourth-order valence-electron chi connectivity index (χ4n) is 3.01. The molecule has 0 bridgehead atoms. The summed E-state index contributed by atoms with van der Waals surface area (Å²) in [5, 5.41) is 20.5. The number of aliphatic carboxylic acids is 2. The quantitative estimate of drug-likeness (QED) is 0.251. The van der Waals surface area contributed by atoms with E-state index in [2.05, 4.69) is 13.2 Å². The predicted octanol–water partition coefficient (Wildman–Crippen LogP) is 4.31. The van der Waals surface area contributed by atoms with Crippen LogP contribution in [0.25, 0.3) is 0 Å². The lowest BCUT2D eigenvalue weighted by molar-refractivity contribution is -0.307. The van der Waals surface area contributed by atoms with Crippen molar-refractivity contribution in [2.45, 2.75) is 116 Å². The first-order valence-electron chi connectivity index (χ1n) is 10.5. The normalized spacial score (nSPS) is 10.2. The lowest BCUT2D eigenvalue weighted by atomic mass is 10.0. The predicted molar refractivity (Wildman–Crippen MR) is 104 cm³/mol. The molecule has 4 nitrogen and oxygen atoms in total. The molecular weight excluding hydrogens is 328 g/mol. The minimum Gasteiger partial charge on any atom is -0.550 e. The highest BCUT2D eigenvalue weighted by molar-refractivity contribution is 5.64. The van der Waals surface area contributed by atoms with Crippen molar-refractivity contribution in [2.75, 3.05) is 0 Å². The van der Waals surface area contributed by atoms with Gasteiger partial charge in [-0.05, 0) is 25.7 Å². The van der Waals surface area contributed by atoms with Gasteiger partial charge in [0.15, 0.2) is 0 Å². The van der Waals surface area contributed by atoms with E-state index < -0.39 is 11.9 Å². The van der Waals surface area contributed by atoms with E-state index in [0.29, 0.717) is 0 Å². The fourth-order valence-corrected chi connectivity index (χ4v) is 3.01. The molecule has 154 valence electrons. The second-order valence-electron chi connectivity index (χ2n) is 6.90. The van der Waals surface area contributed by atoms with Gasteiger partial charge in [0.25, 0.3) is 0 Å². The van der Waals surface area contributed by atoms with Crippen molar-refractivity contribution in [2.24, 2.45) is 0 Å². The van der Waals surface area contributed by atoms with Crippen LogP contribution in [0.3, 0.4) is 0 Å². The Kier molecular flexibility index (Phi) is 24.5. The minimum atomic E-state index is -0.925. The number of rotatable bonds is 19. The SMILES string of the molecule is C=C.O=C([O-])CCCCCCCCCCCCCCCCCCC(=O)[O-]. The topological polar surface area (TPSA) is 80.3 Å². The molecule has 0 fully saturated rings. The average molecular weight is 369 g/mol. The molecule has 0 atom stereocenters. The molecule has 0 aromatic carbocycles. The van der Waals surface area contributed by atoms with Crippen LogP contribution in [0.5, 0.6) is 0 Å². The van der Waals surface area contributed by atoms with Gasteiger partial charge in [0.2, 0.25) is 0 Å². The monoisotopic (exact) mass is 368 g/mol. The highest BCUT2D eigenvalue weighted by Crippen LogP contribution is 2.14. The summed E-state index contributed by atoms with van der Waals surface area (Å²) >= 11 is 0. The number of carboxylic acid groups (broad SMARTS) is 2. The van der Waals surface area contributed by atoms with Crippen molar-refractivity contribution in [1.29, 1.82) is 0 Å². The summed E-state index contributed by atoms with van der Waals surface area (Å²) in [6.45, 7) is 6.00. The summed E-state index contributed by atoms with van der Waals surface area (Å²) in [6.07, 6.45) is 19.2. The molecule has 0 unspecified atom stereocenters. The van der Waals surface area contributed by atoms with Crippen molar-refractivity contribution in [3.63, 3.8) is 0 Å². The Balaban J connectivity index is 0. The van der Waals surface area contributed by atoms with E-state index in [0.717, 1.165) is 38.5 Å². The Morgan fingerprint density at radius 3 is 0.731 bits per heavy atom. The minimum absolute atomic E-state index is 0.208. The Bertz CT molecular complexity index is 285. The van der Waals surface area contributed by atoms with Gasteiger partial charge >= 0.3 is 0 Å². The second-order valence-corrected chi connectivity index (χ2v) is 6.90. The van der Waals surface area contributed by atoms with Crippen molar-refractivity contribution in [3.8, 4) is 0 Å². The van der Waals surface area contributed by atoms with Gasteiger partial charge in [0, 0.05) is 11.9 Å². The van der Waals surface area contributed by atoms with Crippen LogP contribution in [0, 0.1) is 0 Å². The first-order chi connectivity index (χ1) is 12.6. The molecule has 0 spiro atoms. The highest BCUT2D eigenvalue weighted by Gasteiger charge is 1.95. The molecule has 0 aliphatic rings. The number of carbonyl (C=O) groups is 2. The van der Waals surface area contributed by atoms with E-state index in [1.165, 1.54) is 64.2 Å². The van der Waals surface area contributed by atoms with Crippen molar-refractivity contribution >= 4 is 11.9 Å². The van der Waals surface area contributed by atoms with E-state index in [1.54, 1.807) is 0 Å². The zero-order valence-electron chi connectivity index (χ0n) is 16.8. The number of carbonyl (C=O) groups excluding carboxylic acids is 2. The molecule has 0 aromatic heterocycles. The van der Waals surface area contributed by atoms with Crippen LogP contribution < -0.4 is 10.2 Å². The van der Waals surface area contributed by atoms with Crippen LogP contribution in [-0.2, 0) is 9.59 Å². The third kappa shape index (κ3) is 27.5. The van der Waals surface area contributed by atoms with Gasteiger partial charge in [-0.25, -0.2) is 0 Å². The highest BCUT2D eigenvalue weighted by atomic mass is 16.4. The maximum absolute atomic E-state index is 10.2. The van der Waals surface area contributed by atoms with E-state index in [4.69, 9.17) is 0 Å². The Morgan fingerprint density at radius 1 is 0.423 bits per heavy atom. The van der Waals surface area contributed by atoms with Crippen LogP contribution in [0.2, 0.25) is 0 Å². The van der Waals surface area contributed by atoms with Crippen LogP contribution in [-0.4, -0.2) is 11.9 Å². The summed E-state index contributed by atoms with van der Waals surface area (Å²) in [6, 6.07) is 0. The zero-order chi connectivity index (χ0) is 19.9. The van der Waals surface area contributed by atoms with Crippen LogP contribution in [0.4, 0.5) is 0 Å². The molecule has 0 radical (unpaired) electrons. The zero-order valence-corrected chi connectivity index (χ0v) is 16.8. The molecule has 0 aliphatic carbocycles. The van der Waals surface area contributed by atoms with Gasteiger partial charge < -0.3 is 19.8 Å². The van der Waals surface area contributed by atoms with Gasteiger partial charge in [0.05, 0.1) is 0 Å². The molecule has 0 saturated heterocycles. The van der Waals surface area contributed by atoms with Gasteiger partial charge in [-0.2, -0.15) is 0 Å². The molecule has 0 aromatic rings. The molecular formula is C22H40O4-2. The third-order valence-electron chi connectivity index (χ3n) is 4.51. The van der Waals surface area contributed by atoms with E-state index in [9.17, 15) is 19.8 Å².